The molecule has 1 aliphatic heterocycles. The van der Waals surface area contributed by atoms with Gasteiger partial charge in [0.15, 0.2) is 0 Å². The quantitative estimate of drug-likeness (QED) is 0.494. The van der Waals surface area contributed by atoms with E-state index in [1.165, 1.54) is 17.4 Å². The highest BCUT2D eigenvalue weighted by molar-refractivity contribution is 7.13. The number of amides is 1. The zero-order valence-electron chi connectivity index (χ0n) is 17.1. The van der Waals surface area contributed by atoms with Gasteiger partial charge in [-0.3, -0.25) is 4.79 Å². The lowest BCUT2D eigenvalue weighted by Crippen LogP contribution is -2.36. The normalized spacial score (nSPS) is 13.8. The molecule has 0 saturated carbocycles. The summed E-state index contributed by atoms with van der Waals surface area (Å²) in [5, 5.41) is 9.47. The van der Waals surface area contributed by atoms with Crippen LogP contribution >= 0.6 is 11.3 Å². The standard InChI is InChI=1S/C23H20FN5O2S/c24-19-12-17(6-7-21(19)28-8-10-31-11-9-28)26-22(30)20-15-32-23(27-20)16-13-25-29(14-16)18-4-2-1-3-5-18/h1-7,12-15H,8-11H2,(H,26,30). The molecule has 4 aromatic rings. The van der Waals surface area contributed by atoms with E-state index < -0.39 is 0 Å². The summed E-state index contributed by atoms with van der Waals surface area (Å²) in [5.74, 6) is -0.765. The van der Waals surface area contributed by atoms with Crippen molar-refractivity contribution < 1.29 is 13.9 Å². The predicted molar refractivity (Wildman–Crippen MR) is 122 cm³/mol. The van der Waals surface area contributed by atoms with Crippen molar-refractivity contribution in [3.05, 3.63) is 77.8 Å². The second kappa shape index (κ2) is 8.89. The first-order valence-corrected chi connectivity index (χ1v) is 11.0. The van der Waals surface area contributed by atoms with Crippen molar-refractivity contribution in [3.63, 3.8) is 0 Å². The van der Waals surface area contributed by atoms with E-state index in [0.717, 1.165) is 11.3 Å². The van der Waals surface area contributed by atoms with Crippen molar-refractivity contribution in [1.29, 1.82) is 0 Å². The van der Waals surface area contributed by atoms with E-state index in [9.17, 15) is 9.18 Å². The molecule has 3 heterocycles. The van der Waals surface area contributed by atoms with E-state index in [1.807, 2.05) is 41.4 Å². The number of carbonyl (C=O) groups is 1. The van der Waals surface area contributed by atoms with Gasteiger partial charge in [-0.25, -0.2) is 14.1 Å². The molecule has 0 aliphatic carbocycles. The van der Waals surface area contributed by atoms with Gasteiger partial charge in [-0.05, 0) is 30.3 Å². The molecule has 9 heteroatoms. The van der Waals surface area contributed by atoms with Crippen LogP contribution in [0.3, 0.4) is 0 Å². The number of aromatic nitrogens is 3. The maximum atomic E-state index is 14.6. The second-order valence-corrected chi connectivity index (χ2v) is 8.12. The number of halogens is 1. The molecule has 5 rings (SSSR count). The van der Waals surface area contributed by atoms with Crippen molar-refractivity contribution in [2.24, 2.45) is 0 Å². The number of ether oxygens (including phenoxy) is 1. The Labute approximate surface area is 188 Å². The van der Waals surface area contributed by atoms with Gasteiger partial charge in [-0.1, -0.05) is 18.2 Å². The van der Waals surface area contributed by atoms with Crippen molar-refractivity contribution >= 4 is 28.6 Å². The fraction of sp³-hybridized carbons (Fsp3) is 0.174. The van der Waals surface area contributed by atoms with Gasteiger partial charge in [0.05, 0.1) is 30.8 Å². The number of benzene rings is 2. The monoisotopic (exact) mass is 449 g/mol. The summed E-state index contributed by atoms with van der Waals surface area (Å²) in [6, 6.07) is 14.5. The molecule has 1 N–H and O–H groups in total. The van der Waals surface area contributed by atoms with E-state index in [0.29, 0.717) is 42.7 Å². The number of rotatable bonds is 5. The van der Waals surface area contributed by atoms with Gasteiger partial charge >= 0.3 is 0 Å². The fourth-order valence-electron chi connectivity index (χ4n) is 3.51. The number of nitrogens with zero attached hydrogens (tertiary/aromatic N) is 4. The maximum Gasteiger partial charge on any atom is 0.275 e. The molecule has 162 valence electrons. The van der Waals surface area contributed by atoms with E-state index in [-0.39, 0.29) is 17.4 Å². The summed E-state index contributed by atoms with van der Waals surface area (Å²) < 4.78 is 21.7. The van der Waals surface area contributed by atoms with Crippen molar-refractivity contribution in [3.8, 4) is 16.3 Å². The molecule has 1 amide bonds. The molecule has 2 aromatic heterocycles. The Morgan fingerprint density at radius 3 is 2.72 bits per heavy atom. The van der Waals surface area contributed by atoms with Gasteiger partial charge in [0, 0.05) is 35.9 Å². The number of morpholine rings is 1. The Hall–Kier alpha value is -3.56. The maximum absolute atomic E-state index is 14.6. The summed E-state index contributed by atoms with van der Waals surface area (Å²) in [5.41, 5.74) is 2.93. The van der Waals surface area contributed by atoms with Gasteiger partial charge in [0.1, 0.15) is 16.5 Å². The van der Waals surface area contributed by atoms with Gasteiger partial charge in [0.2, 0.25) is 0 Å². The number of para-hydroxylation sites is 1. The zero-order valence-corrected chi connectivity index (χ0v) is 17.9. The first kappa shape index (κ1) is 20.3. The van der Waals surface area contributed by atoms with Gasteiger partial charge < -0.3 is 15.0 Å². The minimum Gasteiger partial charge on any atom is -0.378 e. The lowest BCUT2D eigenvalue weighted by molar-refractivity contribution is 0.102. The average molecular weight is 450 g/mol. The van der Waals surface area contributed by atoms with Crippen LogP contribution < -0.4 is 10.2 Å². The van der Waals surface area contributed by atoms with Crippen LogP contribution in [0.4, 0.5) is 15.8 Å². The van der Waals surface area contributed by atoms with Crippen molar-refractivity contribution in [2.75, 3.05) is 36.5 Å². The lowest BCUT2D eigenvalue weighted by Gasteiger charge is -2.29. The van der Waals surface area contributed by atoms with Crippen LogP contribution in [-0.2, 0) is 4.74 Å². The lowest BCUT2D eigenvalue weighted by atomic mass is 10.2. The minimum absolute atomic E-state index is 0.273. The Kier molecular flexibility index (Phi) is 5.66. The molecule has 1 saturated heterocycles. The highest BCUT2D eigenvalue weighted by Gasteiger charge is 2.17. The fourth-order valence-corrected chi connectivity index (χ4v) is 4.28. The summed E-state index contributed by atoms with van der Waals surface area (Å²) >= 11 is 1.36. The molecule has 0 radical (unpaired) electrons. The first-order valence-electron chi connectivity index (χ1n) is 10.2. The first-order chi connectivity index (χ1) is 15.7. The largest absolute Gasteiger partial charge is 0.378 e. The number of nitrogens with one attached hydrogen (secondary N) is 1. The SMILES string of the molecule is O=C(Nc1ccc(N2CCOCC2)c(F)c1)c1csc(-c2cnn(-c3ccccc3)c2)n1. The Balaban J connectivity index is 1.28. The third-order valence-electron chi connectivity index (χ3n) is 5.14. The average Bonchev–Trinajstić information content (AvgIpc) is 3.50. The molecule has 1 fully saturated rings. The molecule has 0 atom stereocenters. The predicted octanol–water partition coefficient (Wildman–Crippen LogP) is 4.22. The zero-order chi connectivity index (χ0) is 21.9. The number of anilines is 2. The summed E-state index contributed by atoms with van der Waals surface area (Å²) in [6.45, 7) is 2.44. The van der Waals surface area contributed by atoms with Crippen LogP contribution in [0.1, 0.15) is 10.5 Å². The minimum atomic E-state index is -0.388. The Morgan fingerprint density at radius 2 is 1.94 bits per heavy atom. The van der Waals surface area contributed by atoms with Crippen LogP contribution in [-0.4, -0.2) is 47.0 Å². The third-order valence-corrected chi connectivity index (χ3v) is 6.04. The molecule has 2 aromatic carbocycles. The van der Waals surface area contributed by atoms with Crippen LogP contribution in [0, 0.1) is 5.82 Å². The van der Waals surface area contributed by atoms with Crippen LogP contribution in [0.15, 0.2) is 66.3 Å². The summed E-state index contributed by atoms with van der Waals surface area (Å²) in [6.07, 6.45) is 3.59. The van der Waals surface area contributed by atoms with Gasteiger partial charge in [-0.2, -0.15) is 5.10 Å². The second-order valence-electron chi connectivity index (χ2n) is 7.27. The highest BCUT2D eigenvalue weighted by Crippen LogP contribution is 2.26. The number of hydrogen-bond donors (Lipinski definition) is 1. The summed E-state index contributed by atoms with van der Waals surface area (Å²) in [4.78, 5) is 19.0. The molecule has 32 heavy (non-hydrogen) atoms. The number of carbonyl (C=O) groups excluding carboxylic acids is 1. The van der Waals surface area contributed by atoms with Crippen molar-refractivity contribution in [1.82, 2.24) is 14.8 Å². The molecule has 7 nitrogen and oxygen atoms in total. The molecule has 0 unspecified atom stereocenters. The number of thiazole rings is 1. The van der Waals surface area contributed by atoms with Crippen LogP contribution in [0.2, 0.25) is 0 Å². The molecule has 0 bridgehead atoms. The molecular formula is C23H20FN5O2S. The highest BCUT2D eigenvalue weighted by atomic mass is 32.1. The summed E-state index contributed by atoms with van der Waals surface area (Å²) in [7, 11) is 0. The van der Waals surface area contributed by atoms with Gasteiger partial charge in [0.25, 0.3) is 5.91 Å². The van der Waals surface area contributed by atoms with Gasteiger partial charge in [-0.15, -0.1) is 11.3 Å². The van der Waals surface area contributed by atoms with E-state index in [1.54, 1.807) is 28.4 Å². The Bertz CT molecular complexity index is 1230. The molecule has 1 aliphatic rings. The van der Waals surface area contributed by atoms with E-state index in [2.05, 4.69) is 15.4 Å². The smallest absolute Gasteiger partial charge is 0.275 e. The molecular weight excluding hydrogens is 429 g/mol. The van der Waals surface area contributed by atoms with E-state index in [4.69, 9.17) is 4.74 Å². The van der Waals surface area contributed by atoms with E-state index >= 15 is 0 Å². The Morgan fingerprint density at radius 1 is 1.12 bits per heavy atom. The topological polar surface area (TPSA) is 72.3 Å². The third kappa shape index (κ3) is 4.25. The number of hydrogen-bond acceptors (Lipinski definition) is 6. The van der Waals surface area contributed by atoms with Crippen molar-refractivity contribution in [2.45, 2.75) is 0 Å². The van der Waals surface area contributed by atoms with Crippen LogP contribution in [0.5, 0.6) is 0 Å². The van der Waals surface area contributed by atoms with Crippen LogP contribution in [0.25, 0.3) is 16.3 Å². The molecule has 0 spiro atoms.